The summed E-state index contributed by atoms with van der Waals surface area (Å²) in [4.78, 5) is 39.0. The predicted molar refractivity (Wildman–Crippen MR) is 137 cm³/mol. The number of benzene rings is 1. The van der Waals surface area contributed by atoms with Crippen molar-refractivity contribution in [2.75, 3.05) is 26.3 Å². The van der Waals surface area contributed by atoms with E-state index in [2.05, 4.69) is 12.2 Å². The van der Waals surface area contributed by atoms with E-state index in [0.717, 1.165) is 19.3 Å². The second-order valence-electron chi connectivity index (χ2n) is 9.27. The van der Waals surface area contributed by atoms with Crippen molar-refractivity contribution in [3.05, 3.63) is 30.3 Å². The van der Waals surface area contributed by atoms with Gasteiger partial charge in [-0.05, 0) is 18.6 Å². The number of piperazine rings is 1. The lowest BCUT2D eigenvalue weighted by Crippen LogP contribution is -2.57. The first kappa shape index (κ1) is 28.7. The highest BCUT2D eigenvalue weighted by Crippen LogP contribution is 2.16. The Labute approximate surface area is 210 Å². The lowest BCUT2D eigenvalue weighted by Gasteiger charge is -2.34. The van der Waals surface area contributed by atoms with Crippen molar-refractivity contribution in [3.8, 4) is 5.75 Å². The minimum absolute atomic E-state index is 0.0546. The average Bonchev–Trinajstić information content (AvgIpc) is 2.87. The van der Waals surface area contributed by atoms with Gasteiger partial charge < -0.3 is 19.7 Å². The lowest BCUT2D eigenvalue weighted by atomic mass is 10.0. The maximum Gasteiger partial charge on any atom is 0.308 e. The number of rotatable bonds is 18. The summed E-state index contributed by atoms with van der Waals surface area (Å²) < 4.78 is 10.7. The molecule has 2 amide bonds. The summed E-state index contributed by atoms with van der Waals surface area (Å²) in [5.74, 6) is -0.146. The second kappa shape index (κ2) is 17.8. The van der Waals surface area contributed by atoms with Gasteiger partial charge in [0.2, 0.25) is 11.8 Å². The molecule has 1 aliphatic rings. The van der Waals surface area contributed by atoms with Crippen LogP contribution in [0.5, 0.6) is 5.75 Å². The second-order valence-corrected chi connectivity index (χ2v) is 9.27. The largest absolute Gasteiger partial charge is 0.490 e. The molecule has 0 spiro atoms. The Morgan fingerprint density at radius 3 is 2.20 bits per heavy atom. The highest BCUT2D eigenvalue weighted by molar-refractivity contribution is 5.91. The maximum atomic E-state index is 12.8. The Hall–Kier alpha value is -2.57. The molecule has 196 valence electrons. The molecule has 1 fully saturated rings. The third kappa shape index (κ3) is 12.1. The van der Waals surface area contributed by atoms with Crippen LogP contribution in [0.2, 0.25) is 0 Å². The molecule has 1 heterocycles. The summed E-state index contributed by atoms with van der Waals surface area (Å²) in [6, 6.07) is 8.48. The fourth-order valence-corrected chi connectivity index (χ4v) is 4.35. The van der Waals surface area contributed by atoms with Gasteiger partial charge in [0.1, 0.15) is 25.0 Å². The van der Waals surface area contributed by atoms with Crippen LogP contribution in [-0.2, 0) is 19.1 Å². The fraction of sp³-hybridized carbons (Fsp3) is 0.679. The topological polar surface area (TPSA) is 84.9 Å². The maximum absolute atomic E-state index is 12.8. The van der Waals surface area contributed by atoms with Crippen molar-refractivity contribution in [3.63, 3.8) is 0 Å². The molecule has 0 bridgehead atoms. The first-order valence-corrected chi connectivity index (χ1v) is 13.5. The normalized spacial score (nSPS) is 15.5. The number of unbranched alkanes of at least 4 members (excludes halogenated alkanes) is 10. The first-order valence-electron chi connectivity index (χ1n) is 13.5. The number of hydrogen-bond acceptors (Lipinski definition) is 5. The van der Waals surface area contributed by atoms with E-state index in [4.69, 9.17) is 9.47 Å². The molecule has 1 saturated heterocycles. The van der Waals surface area contributed by atoms with Crippen LogP contribution in [0.3, 0.4) is 0 Å². The number of nitrogens with one attached hydrogen (secondary N) is 1. The SMILES string of the molecule is CCCCCCCCCCCCCC(=O)N1CCNC(=O)C1CC(=O)OCCOc1ccccc1. The van der Waals surface area contributed by atoms with Crippen LogP contribution in [0.15, 0.2) is 30.3 Å². The fourth-order valence-electron chi connectivity index (χ4n) is 4.35. The standard InChI is InChI=1S/C28H44N2O5/c1-2-3-4-5-6-7-8-9-10-11-15-18-26(31)30-20-19-29-28(33)25(30)23-27(32)35-22-21-34-24-16-13-12-14-17-24/h12-14,16-17,25H,2-11,15,18-23H2,1H3,(H,29,33). The van der Waals surface area contributed by atoms with Crippen LogP contribution in [0.1, 0.15) is 90.4 Å². The number of carbonyl (C=O) groups excluding carboxylic acids is 3. The zero-order valence-electron chi connectivity index (χ0n) is 21.5. The Bertz CT molecular complexity index is 740. The van der Waals surface area contributed by atoms with E-state index in [1.807, 2.05) is 30.3 Å². The van der Waals surface area contributed by atoms with Crippen molar-refractivity contribution in [2.45, 2.75) is 96.4 Å². The minimum Gasteiger partial charge on any atom is -0.490 e. The van der Waals surface area contributed by atoms with Crippen molar-refractivity contribution < 1.29 is 23.9 Å². The smallest absolute Gasteiger partial charge is 0.308 e. The van der Waals surface area contributed by atoms with Gasteiger partial charge in [-0.1, -0.05) is 89.3 Å². The molecule has 2 rings (SSSR count). The Kier molecular flexibility index (Phi) is 14.6. The summed E-state index contributed by atoms with van der Waals surface area (Å²) in [7, 11) is 0. The number of hydrogen-bond donors (Lipinski definition) is 1. The molecular formula is C28H44N2O5. The molecule has 0 aliphatic carbocycles. The van der Waals surface area contributed by atoms with E-state index >= 15 is 0 Å². The summed E-state index contributed by atoms with van der Waals surface area (Å²) in [6.07, 6.45) is 13.7. The van der Waals surface area contributed by atoms with E-state index in [9.17, 15) is 14.4 Å². The summed E-state index contributed by atoms with van der Waals surface area (Å²) in [5, 5.41) is 2.76. The Morgan fingerprint density at radius 2 is 1.54 bits per heavy atom. The molecule has 1 atom stereocenters. The quantitative estimate of drug-likeness (QED) is 0.231. The molecule has 7 nitrogen and oxygen atoms in total. The van der Waals surface area contributed by atoms with Crippen LogP contribution in [0, 0.1) is 0 Å². The Morgan fingerprint density at radius 1 is 0.914 bits per heavy atom. The van der Waals surface area contributed by atoms with E-state index in [0.29, 0.717) is 25.3 Å². The molecule has 7 heteroatoms. The molecule has 0 radical (unpaired) electrons. The van der Waals surface area contributed by atoms with Gasteiger partial charge >= 0.3 is 5.97 Å². The van der Waals surface area contributed by atoms with E-state index in [1.165, 1.54) is 51.4 Å². The zero-order chi connectivity index (χ0) is 25.1. The minimum atomic E-state index is -0.800. The Balaban J connectivity index is 1.60. The third-order valence-corrected chi connectivity index (χ3v) is 6.36. The molecule has 0 saturated carbocycles. The van der Waals surface area contributed by atoms with Gasteiger partial charge in [-0.25, -0.2) is 0 Å². The molecule has 35 heavy (non-hydrogen) atoms. The lowest BCUT2D eigenvalue weighted by molar-refractivity contribution is -0.152. The molecule has 0 aromatic heterocycles. The van der Waals surface area contributed by atoms with Gasteiger partial charge in [-0.3, -0.25) is 14.4 Å². The van der Waals surface area contributed by atoms with Crippen molar-refractivity contribution >= 4 is 17.8 Å². The van der Waals surface area contributed by atoms with Crippen molar-refractivity contribution in [2.24, 2.45) is 0 Å². The van der Waals surface area contributed by atoms with Crippen LogP contribution in [0.25, 0.3) is 0 Å². The van der Waals surface area contributed by atoms with Gasteiger partial charge in [0.15, 0.2) is 0 Å². The average molecular weight is 489 g/mol. The summed E-state index contributed by atoms with van der Waals surface area (Å²) in [5.41, 5.74) is 0. The van der Waals surface area contributed by atoms with E-state index < -0.39 is 12.0 Å². The molecule has 1 aliphatic heterocycles. The van der Waals surface area contributed by atoms with Crippen LogP contribution >= 0.6 is 0 Å². The van der Waals surface area contributed by atoms with E-state index in [1.54, 1.807) is 4.90 Å². The van der Waals surface area contributed by atoms with Gasteiger partial charge in [-0.15, -0.1) is 0 Å². The summed E-state index contributed by atoms with van der Waals surface area (Å²) in [6.45, 7) is 3.41. The molecule has 1 N–H and O–H groups in total. The number of nitrogens with zero attached hydrogens (tertiary/aromatic N) is 1. The number of amides is 2. The number of ether oxygens (including phenoxy) is 2. The number of esters is 1. The summed E-state index contributed by atoms with van der Waals surface area (Å²) >= 11 is 0. The molecule has 1 aromatic carbocycles. The van der Waals surface area contributed by atoms with Crippen molar-refractivity contribution in [1.82, 2.24) is 10.2 Å². The monoisotopic (exact) mass is 488 g/mol. The highest BCUT2D eigenvalue weighted by Gasteiger charge is 2.34. The van der Waals surface area contributed by atoms with Gasteiger partial charge in [-0.2, -0.15) is 0 Å². The first-order chi connectivity index (χ1) is 17.1. The van der Waals surface area contributed by atoms with Gasteiger partial charge in [0.05, 0.1) is 6.42 Å². The number of carbonyl (C=O) groups is 3. The van der Waals surface area contributed by atoms with Crippen LogP contribution in [-0.4, -0.2) is 55.0 Å². The van der Waals surface area contributed by atoms with E-state index in [-0.39, 0.29) is 31.4 Å². The van der Waals surface area contributed by atoms with Gasteiger partial charge in [0.25, 0.3) is 0 Å². The zero-order valence-corrected chi connectivity index (χ0v) is 21.5. The van der Waals surface area contributed by atoms with Gasteiger partial charge in [0, 0.05) is 19.5 Å². The van der Waals surface area contributed by atoms with Crippen LogP contribution < -0.4 is 10.1 Å². The van der Waals surface area contributed by atoms with Crippen LogP contribution in [0.4, 0.5) is 0 Å². The number of para-hydroxylation sites is 1. The third-order valence-electron chi connectivity index (χ3n) is 6.36. The molecule has 1 unspecified atom stereocenters. The van der Waals surface area contributed by atoms with Crippen molar-refractivity contribution in [1.29, 1.82) is 0 Å². The molecule has 1 aromatic rings. The highest BCUT2D eigenvalue weighted by atomic mass is 16.6. The predicted octanol–water partition coefficient (Wildman–Crippen LogP) is 5.03. The molecular weight excluding hydrogens is 444 g/mol.